The molecular weight excluding hydrogens is 318 g/mol. The van der Waals surface area contributed by atoms with Crippen LogP contribution in [0.25, 0.3) is 0 Å². The van der Waals surface area contributed by atoms with Crippen molar-refractivity contribution in [2.75, 3.05) is 31.2 Å². The van der Waals surface area contributed by atoms with E-state index in [2.05, 4.69) is 25.2 Å². The van der Waals surface area contributed by atoms with Gasteiger partial charge >= 0.3 is 0 Å². The number of nitrogens with one attached hydrogen (secondary N) is 1. The van der Waals surface area contributed by atoms with E-state index in [0.29, 0.717) is 32.1 Å². The van der Waals surface area contributed by atoms with Gasteiger partial charge < -0.3 is 15.0 Å². The van der Waals surface area contributed by atoms with Crippen molar-refractivity contribution in [2.45, 2.75) is 13.0 Å². The highest BCUT2D eigenvalue weighted by molar-refractivity contribution is 5.77. The molecule has 4 rings (SSSR count). The van der Waals surface area contributed by atoms with E-state index in [1.165, 1.54) is 0 Å². The molecule has 2 aromatic heterocycles. The molecule has 4 heterocycles. The Morgan fingerprint density at radius 2 is 2.20 bits per heavy atom. The number of rotatable bonds is 5. The molecule has 0 radical (unpaired) electrons. The molecule has 2 fully saturated rings. The fraction of sp³-hybridized carbons (Fsp3) is 0.444. The van der Waals surface area contributed by atoms with Crippen molar-refractivity contribution < 1.29 is 9.53 Å². The zero-order valence-electron chi connectivity index (χ0n) is 14.0. The molecule has 1 N–H and O–H groups in total. The van der Waals surface area contributed by atoms with Crippen LogP contribution in [0.4, 0.5) is 5.95 Å². The van der Waals surface area contributed by atoms with Gasteiger partial charge in [0, 0.05) is 62.2 Å². The molecule has 7 nitrogen and oxygen atoms in total. The van der Waals surface area contributed by atoms with Crippen LogP contribution >= 0.6 is 0 Å². The minimum Gasteiger partial charge on any atom is -0.380 e. The lowest BCUT2D eigenvalue weighted by Gasteiger charge is -2.26. The first kappa shape index (κ1) is 16.0. The second kappa shape index (κ2) is 6.76. The van der Waals surface area contributed by atoms with Crippen LogP contribution in [0.2, 0.25) is 0 Å². The van der Waals surface area contributed by atoms with Crippen LogP contribution in [0.5, 0.6) is 0 Å². The van der Waals surface area contributed by atoms with Crippen molar-refractivity contribution >= 4 is 11.9 Å². The van der Waals surface area contributed by atoms with Crippen LogP contribution in [0.15, 0.2) is 43.0 Å². The predicted octanol–water partition coefficient (Wildman–Crippen LogP) is 1.03. The van der Waals surface area contributed by atoms with E-state index in [0.717, 1.165) is 24.6 Å². The minimum atomic E-state index is -0.155. The zero-order chi connectivity index (χ0) is 17.1. The monoisotopic (exact) mass is 339 g/mol. The lowest BCUT2D eigenvalue weighted by atomic mass is 9.78. The number of nitrogens with zero attached hydrogens (tertiary/aromatic N) is 4. The molecule has 2 saturated heterocycles. The van der Waals surface area contributed by atoms with Gasteiger partial charge in [0.25, 0.3) is 0 Å². The Kier molecular flexibility index (Phi) is 4.31. The van der Waals surface area contributed by atoms with E-state index in [4.69, 9.17) is 4.74 Å². The third kappa shape index (κ3) is 3.32. The molecule has 2 atom stereocenters. The molecular formula is C18H21N5O2. The van der Waals surface area contributed by atoms with Gasteiger partial charge in [-0.15, -0.1) is 0 Å². The SMILES string of the molecule is O=C(C[C@]12COC[C@H]1CN(c1ncccn1)C2)NCc1cccnc1. The summed E-state index contributed by atoms with van der Waals surface area (Å²) >= 11 is 0. The standard InChI is InChI=1S/C18H21N5O2/c24-16(22-9-14-3-1-4-19-8-14)7-18-12-23(10-15(18)11-25-13-18)17-20-5-2-6-21-17/h1-6,8,15H,7,9-13H2,(H,22,24)/t15-,18+/m1/s1. The van der Waals surface area contributed by atoms with E-state index in [1.54, 1.807) is 24.8 Å². The number of carbonyl (C=O) groups is 1. The Hall–Kier alpha value is -2.54. The Morgan fingerprint density at radius 3 is 3.00 bits per heavy atom. The number of carbonyl (C=O) groups excluding carboxylic acids is 1. The fourth-order valence-electron chi connectivity index (χ4n) is 3.77. The number of amides is 1. The highest BCUT2D eigenvalue weighted by Crippen LogP contribution is 2.44. The number of anilines is 1. The summed E-state index contributed by atoms with van der Waals surface area (Å²) in [5, 5.41) is 3.00. The van der Waals surface area contributed by atoms with E-state index >= 15 is 0 Å². The maximum atomic E-state index is 12.5. The highest BCUT2D eigenvalue weighted by atomic mass is 16.5. The van der Waals surface area contributed by atoms with E-state index < -0.39 is 0 Å². The van der Waals surface area contributed by atoms with Gasteiger partial charge in [-0.25, -0.2) is 9.97 Å². The largest absolute Gasteiger partial charge is 0.380 e. The van der Waals surface area contributed by atoms with E-state index in [-0.39, 0.29) is 11.3 Å². The summed E-state index contributed by atoms with van der Waals surface area (Å²) in [7, 11) is 0. The molecule has 1 amide bonds. The third-order valence-corrected chi connectivity index (χ3v) is 5.08. The normalized spacial score (nSPS) is 25.0. The number of ether oxygens (including phenoxy) is 1. The second-order valence-corrected chi connectivity index (χ2v) is 6.82. The number of pyridine rings is 1. The minimum absolute atomic E-state index is 0.0511. The van der Waals surface area contributed by atoms with Crippen LogP contribution in [0.3, 0.4) is 0 Å². The average molecular weight is 339 g/mol. The summed E-state index contributed by atoms with van der Waals surface area (Å²) in [6.45, 7) is 3.39. The van der Waals surface area contributed by atoms with Crippen molar-refractivity contribution in [3.63, 3.8) is 0 Å². The predicted molar refractivity (Wildman–Crippen MR) is 91.7 cm³/mol. The summed E-state index contributed by atoms with van der Waals surface area (Å²) in [4.78, 5) is 27.4. The van der Waals surface area contributed by atoms with Crippen LogP contribution < -0.4 is 10.2 Å². The smallest absolute Gasteiger partial charge is 0.225 e. The van der Waals surface area contributed by atoms with Crippen molar-refractivity contribution in [1.29, 1.82) is 0 Å². The van der Waals surface area contributed by atoms with Crippen molar-refractivity contribution in [3.8, 4) is 0 Å². The van der Waals surface area contributed by atoms with Crippen molar-refractivity contribution in [2.24, 2.45) is 11.3 Å². The molecule has 25 heavy (non-hydrogen) atoms. The molecule has 0 aliphatic carbocycles. The maximum absolute atomic E-state index is 12.5. The fourth-order valence-corrected chi connectivity index (χ4v) is 3.77. The molecule has 0 spiro atoms. The third-order valence-electron chi connectivity index (χ3n) is 5.08. The van der Waals surface area contributed by atoms with Crippen molar-refractivity contribution in [1.82, 2.24) is 20.3 Å². The molecule has 0 saturated carbocycles. The number of hydrogen-bond acceptors (Lipinski definition) is 6. The summed E-state index contributed by atoms with van der Waals surface area (Å²) in [6.07, 6.45) is 7.45. The molecule has 7 heteroatoms. The Morgan fingerprint density at radius 1 is 1.32 bits per heavy atom. The van der Waals surface area contributed by atoms with Crippen LogP contribution in [0.1, 0.15) is 12.0 Å². The summed E-state index contributed by atoms with van der Waals surface area (Å²) in [5.74, 6) is 1.11. The number of fused-ring (bicyclic) bond motifs is 1. The molecule has 2 aromatic rings. The first-order valence-corrected chi connectivity index (χ1v) is 8.50. The molecule has 0 unspecified atom stereocenters. The first-order valence-electron chi connectivity index (χ1n) is 8.50. The Balaban J connectivity index is 1.40. The van der Waals surface area contributed by atoms with Gasteiger partial charge in [-0.2, -0.15) is 0 Å². The summed E-state index contributed by atoms with van der Waals surface area (Å²) in [5.41, 5.74) is 0.844. The summed E-state index contributed by atoms with van der Waals surface area (Å²) in [6, 6.07) is 5.64. The van der Waals surface area contributed by atoms with E-state index in [9.17, 15) is 4.79 Å². The Labute approximate surface area is 146 Å². The molecule has 0 aromatic carbocycles. The van der Waals surface area contributed by atoms with Gasteiger partial charge in [0.2, 0.25) is 11.9 Å². The van der Waals surface area contributed by atoms with Crippen LogP contribution in [-0.4, -0.2) is 47.2 Å². The molecule has 130 valence electrons. The molecule has 2 aliphatic heterocycles. The average Bonchev–Trinajstić information content (AvgIpc) is 3.18. The molecule has 0 bridgehead atoms. The quantitative estimate of drug-likeness (QED) is 0.876. The first-order chi connectivity index (χ1) is 12.3. The second-order valence-electron chi connectivity index (χ2n) is 6.82. The highest BCUT2D eigenvalue weighted by Gasteiger charge is 2.52. The van der Waals surface area contributed by atoms with Gasteiger partial charge in [0.05, 0.1) is 13.2 Å². The van der Waals surface area contributed by atoms with Gasteiger partial charge in [0.1, 0.15) is 0 Å². The van der Waals surface area contributed by atoms with Gasteiger partial charge in [-0.05, 0) is 17.7 Å². The zero-order valence-corrected chi connectivity index (χ0v) is 14.0. The number of aromatic nitrogens is 3. The summed E-state index contributed by atoms with van der Waals surface area (Å²) < 4.78 is 5.71. The number of hydrogen-bond donors (Lipinski definition) is 1. The van der Waals surface area contributed by atoms with Crippen LogP contribution in [0, 0.1) is 11.3 Å². The van der Waals surface area contributed by atoms with Crippen LogP contribution in [-0.2, 0) is 16.1 Å². The molecule has 2 aliphatic rings. The lowest BCUT2D eigenvalue weighted by molar-refractivity contribution is -0.123. The van der Waals surface area contributed by atoms with Crippen molar-refractivity contribution in [3.05, 3.63) is 48.5 Å². The Bertz CT molecular complexity index is 727. The van der Waals surface area contributed by atoms with Gasteiger partial charge in [0.15, 0.2) is 0 Å². The van der Waals surface area contributed by atoms with Gasteiger partial charge in [-0.3, -0.25) is 9.78 Å². The maximum Gasteiger partial charge on any atom is 0.225 e. The van der Waals surface area contributed by atoms with Gasteiger partial charge in [-0.1, -0.05) is 6.07 Å². The lowest BCUT2D eigenvalue weighted by Crippen LogP contribution is -2.37. The van der Waals surface area contributed by atoms with E-state index in [1.807, 2.05) is 18.2 Å². The topological polar surface area (TPSA) is 80.2 Å².